The fourth-order valence-electron chi connectivity index (χ4n) is 7.98. The molecule has 2 nitrogen and oxygen atoms in total. The summed E-state index contributed by atoms with van der Waals surface area (Å²) in [7, 11) is 0. The average molecular weight is 333 g/mol. The van der Waals surface area contributed by atoms with Crippen LogP contribution in [0.4, 0.5) is 0 Å². The van der Waals surface area contributed by atoms with Gasteiger partial charge in [-0.2, -0.15) is 0 Å². The molecule has 4 fully saturated rings. The lowest BCUT2D eigenvalue weighted by molar-refractivity contribution is -0.158. The van der Waals surface area contributed by atoms with Crippen molar-refractivity contribution in [1.82, 2.24) is 0 Å². The molecular weight excluding hydrogens is 296 g/mol. The third-order valence-electron chi connectivity index (χ3n) is 9.47. The van der Waals surface area contributed by atoms with Crippen molar-refractivity contribution in [2.75, 3.05) is 0 Å². The van der Waals surface area contributed by atoms with Crippen LogP contribution in [0.3, 0.4) is 0 Å². The molecule has 4 rings (SSSR count). The Morgan fingerprint density at radius 3 is 2.54 bits per heavy atom. The van der Waals surface area contributed by atoms with Gasteiger partial charge in [-0.1, -0.05) is 27.2 Å². The van der Waals surface area contributed by atoms with Crippen LogP contribution in [0.25, 0.3) is 0 Å². The second-order valence-corrected chi connectivity index (χ2v) is 10.2. The molecule has 0 aromatic rings. The molecule has 0 saturated heterocycles. The van der Waals surface area contributed by atoms with Crippen LogP contribution in [-0.2, 0) is 4.79 Å². The topological polar surface area (TPSA) is 37.3 Å². The maximum absolute atomic E-state index is 12.0. The summed E-state index contributed by atoms with van der Waals surface area (Å²) in [5.41, 5.74) is 0.110. The van der Waals surface area contributed by atoms with Gasteiger partial charge in [-0.25, -0.2) is 0 Å². The van der Waals surface area contributed by atoms with E-state index in [-0.39, 0.29) is 5.41 Å². The van der Waals surface area contributed by atoms with Crippen LogP contribution in [-0.4, -0.2) is 16.5 Å². The van der Waals surface area contributed by atoms with Gasteiger partial charge in [0.1, 0.15) is 5.78 Å². The molecule has 0 bridgehead atoms. The number of rotatable bonds is 2. The summed E-state index contributed by atoms with van der Waals surface area (Å²) >= 11 is 0. The summed E-state index contributed by atoms with van der Waals surface area (Å²) in [6, 6.07) is 0. The lowest BCUT2D eigenvalue weighted by Gasteiger charge is -2.61. The minimum atomic E-state index is -0.419. The number of Topliss-reactive ketones (excluding diaryl/α,β-unsaturated/α-hetero) is 1. The van der Waals surface area contributed by atoms with E-state index in [0.29, 0.717) is 23.0 Å². The van der Waals surface area contributed by atoms with Gasteiger partial charge in [-0.3, -0.25) is 4.79 Å². The minimum absolute atomic E-state index is 0.137. The van der Waals surface area contributed by atoms with E-state index in [1.165, 1.54) is 32.1 Å². The summed E-state index contributed by atoms with van der Waals surface area (Å²) < 4.78 is 0. The quantitative estimate of drug-likeness (QED) is 0.761. The maximum Gasteiger partial charge on any atom is 0.133 e. The van der Waals surface area contributed by atoms with Crippen LogP contribution in [0.15, 0.2) is 0 Å². The number of carbonyl (C=O) groups is 1. The Kier molecular flexibility index (Phi) is 3.95. The molecule has 4 aliphatic carbocycles. The normalized spacial score (nSPS) is 54.1. The molecule has 0 unspecified atom stereocenters. The molecule has 0 aromatic carbocycles. The first kappa shape index (κ1) is 17.1. The van der Waals surface area contributed by atoms with E-state index in [1.807, 2.05) is 0 Å². The van der Waals surface area contributed by atoms with Gasteiger partial charge < -0.3 is 5.11 Å². The van der Waals surface area contributed by atoms with E-state index in [2.05, 4.69) is 20.8 Å². The Labute approximate surface area is 147 Å². The van der Waals surface area contributed by atoms with Crippen LogP contribution in [0.1, 0.15) is 91.4 Å². The van der Waals surface area contributed by atoms with Gasteiger partial charge >= 0.3 is 0 Å². The van der Waals surface area contributed by atoms with Gasteiger partial charge in [-0.15, -0.1) is 0 Å². The van der Waals surface area contributed by atoms with E-state index < -0.39 is 5.60 Å². The molecule has 0 heterocycles. The van der Waals surface area contributed by atoms with Gasteiger partial charge in [0.2, 0.25) is 0 Å². The number of hydrogen-bond acceptors (Lipinski definition) is 2. The van der Waals surface area contributed by atoms with Gasteiger partial charge in [0, 0.05) is 12.8 Å². The summed E-state index contributed by atoms with van der Waals surface area (Å²) in [5, 5.41) is 11.4. The molecule has 0 radical (unpaired) electrons. The van der Waals surface area contributed by atoms with E-state index in [1.54, 1.807) is 0 Å². The highest BCUT2D eigenvalue weighted by atomic mass is 16.3. The molecule has 1 N–H and O–H groups in total. The monoisotopic (exact) mass is 332 g/mol. The van der Waals surface area contributed by atoms with Crippen molar-refractivity contribution in [1.29, 1.82) is 0 Å². The fourth-order valence-corrected chi connectivity index (χ4v) is 7.98. The summed E-state index contributed by atoms with van der Waals surface area (Å²) in [5.74, 6) is 3.45. The van der Waals surface area contributed by atoms with Crippen molar-refractivity contribution < 1.29 is 9.90 Å². The van der Waals surface area contributed by atoms with E-state index in [4.69, 9.17) is 0 Å². The Hall–Kier alpha value is -0.370. The first-order valence-corrected chi connectivity index (χ1v) is 10.6. The lowest BCUT2D eigenvalue weighted by atomic mass is 9.44. The van der Waals surface area contributed by atoms with Crippen molar-refractivity contribution in [3.8, 4) is 0 Å². The highest BCUT2D eigenvalue weighted by Crippen LogP contribution is 2.68. The largest absolute Gasteiger partial charge is 0.389 e. The van der Waals surface area contributed by atoms with Crippen molar-refractivity contribution >= 4 is 5.78 Å². The third-order valence-corrected chi connectivity index (χ3v) is 9.47. The van der Waals surface area contributed by atoms with Crippen molar-refractivity contribution in [2.24, 2.45) is 34.5 Å². The first-order valence-electron chi connectivity index (χ1n) is 10.6. The minimum Gasteiger partial charge on any atom is -0.389 e. The zero-order valence-corrected chi connectivity index (χ0v) is 15.9. The Morgan fingerprint density at radius 1 is 1.04 bits per heavy atom. The molecule has 136 valence electrons. The molecular formula is C22H36O2. The lowest BCUT2D eigenvalue weighted by Crippen LogP contribution is -2.56. The van der Waals surface area contributed by atoms with Crippen LogP contribution in [0.5, 0.6) is 0 Å². The Bertz CT molecular complexity index is 528. The number of aliphatic hydroxyl groups is 1. The SMILES string of the molecule is CCC[C@]1(O)CC[C@H]2[C@H]3CC[C@H]4CC(=O)CC[C@]4(C)[C@@H]3CC[C@@]21C. The van der Waals surface area contributed by atoms with Gasteiger partial charge in [-0.05, 0) is 85.9 Å². The third kappa shape index (κ3) is 2.14. The standard InChI is InChI=1S/C22H36O2/c1-4-10-22(24)13-9-19-17-6-5-15-14-16(23)7-11-20(15,2)18(17)8-12-21(19,22)3/h15,17-19,24H,4-14H2,1-3H3/t15-,17-,18+,19-,20-,21-,22-/m0/s1. The number of fused-ring (bicyclic) bond motifs is 5. The van der Waals surface area contributed by atoms with Crippen LogP contribution >= 0.6 is 0 Å². The zero-order valence-electron chi connectivity index (χ0n) is 15.9. The molecule has 7 atom stereocenters. The molecule has 4 aliphatic rings. The molecule has 2 heteroatoms. The Balaban J connectivity index is 1.62. The highest BCUT2D eigenvalue weighted by Gasteiger charge is 2.64. The molecule has 0 amide bonds. The molecule has 0 aliphatic heterocycles. The zero-order chi connectivity index (χ0) is 17.2. The summed E-state index contributed by atoms with van der Waals surface area (Å²) in [4.78, 5) is 12.0. The second-order valence-electron chi connectivity index (χ2n) is 10.2. The molecule has 4 saturated carbocycles. The molecule has 24 heavy (non-hydrogen) atoms. The van der Waals surface area contributed by atoms with Crippen molar-refractivity contribution in [3.63, 3.8) is 0 Å². The summed E-state index contributed by atoms with van der Waals surface area (Å²) in [6.07, 6.45) is 12.2. The number of carbonyl (C=O) groups excluding carboxylic acids is 1. The molecule has 0 aromatic heterocycles. The van der Waals surface area contributed by atoms with E-state index >= 15 is 0 Å². The summed E-state index contributed by atoms with van der Waals surface area (Å²) in [6.45, 7) is 7.14. The average Bonchev–Trinajstić information content (AvgIpc) is 2.80. The van der Waals surface area contributed by atoms with Crippen molar-refractivity contribution in [2.45, 2.75) is 97.0 Å². The number of hydrogen-bond donors (Lipinski definition) is 1. The first-order chi connectivity index (χ1) is 11.3. The van der Waals surface area contributed by atoms with Gasteiger partial charge in [0.05, 0.1) is 5.60 Å². The highest BCUT2D eigenvalue weighted by molar-refractivity contribution is 5.79. The predicted molar refractivity (Wildman–Crippen MR) is 96.6 cm³/mol. The maximum atomic E-state index is 12.0. The number of ketones is 1. The van der Waals surface area contributed by atoms with Crippen LogP contribution in [0, 0.1) is 34.5 Å². The van der Waals surface area contributed by atoms with Crippen LogP contribution in [0.2, 0.25) is 0 Å². The van der Waals surface area contributed by atoms with Crippen molar-refractivity contribution in [3.05, 3.63) is 0 Å². The predicted octanol–water partition coefficient (Wildman–Crippen LogP) is 5.13. The molecule has 0 spiro atoms. The second kappa shape index (κ2) is 5.56. The van der Waals surface area contributed by atoms with Gasteiger partial charge in [0.25, 0.3) is 0 Å². The smallest absolute Gasteiger partial charge is 0.133 e. The van der Waals surface area contributed by atoms with E-state index in [9.17, 15) is 9.90 Å². The van der Waals surface area contributed by atoms with Gasteiger partial charge in [0.15, 0.2) is 0 Å². The van der Waals surface area contributed by atoms with Crippen LogP contribution < -0.4 is 0 Å². The Morgan fingerprint density at radius 2 is 1.79 bits per heavy atom. The fraction of sp³-hybridized carbons (Fsp3) is 0.955. The van der Waals surface area contributed by atoms with E-state index in [0.717, 1.165) is 50.4 Å².